The number of ether oxygens (including phenoxy) is 3. The smallest absolute Gasteiger partial charge is 0.191 e. The molecule has 0 aromatic carbocycles. The SMILES string of the molecule is CCNC(=NCC1CCN(CCOC)CC1)NCCCOCC1CCOC1. The minimum absolute atomic E-state index is 0.595. The minimum atomic E-state index is 0.595. The lowest BCUT2D eigenvalue weighted by Gasteiger charge is -2.31. The number of rotatable bonds is 12. The fraction of sp³-hybridized carbons (Fsp3) is 0.950. The van der Waals surface area contributed by atoms with E-state index in [1.165, 1.54) is 12.8 Å². The second-order valence-corrected chi connectivity index (χ2v) is 7.58. The van der Waals surface area contributed by atoms with Crippen molar-refractivity contribution in [3.05, 3.63) is 0 Å². The fourth-order valence-electron chi connectivity index (χ4n) is 3.52. The molecule has 0 saturated carbocycles. The van der Waals surface area contributed by atoms with Crippen molar-refractivity contribution in [1.29, 1.82) is 0 Å². The maximum absolute atomic E-state index is 5.76. The first-order chi connectivity index (χ1) is 13.3. The van der Waals surface area contributed by atoms with Gasteiger partial charge in [0, 0.05) is 52.4 Å². The third-order valence-corrected chi connectivity index (χ3v) is 5.31. The second kappa shape index (κ2) is 14.2. The van der Waals surface area contributed by atoms with Crippen molar-refractivity contribution < 1.29 is 14.2 Å². The summed E-state index contributed by atoms with van der Waals surface area (Å²) >= 11 is 0. The first-order valence-corrected chi connectivity index (χ1v) is 10.7. The molecule has 158 valence electrons. The van der Waals surface area contributed by atoms with Crippen LogP contribution < -0.4 is 10.6 Å². The van der Waals surface area contributed by atoms with Crippen molar-refractivity contribution in [3.8, 4) is 0 Å². The summed E-state index contributed by atoms with van der Waals surface area (Å²) in [6.07, 6.45) is 4.59. The Balaban J connectivity index is 1.55. The molecule has 2 N–H and O–H groups in total. The van der Waals surface area contributed by atoms with Crippen LogP contribution in [0.3, 0.4) is 0 Å². The third-order valence-electron chi connectivity index (χ3n) is 5.31. The molecule has 7 heteroatoms. The van der Waals surface area contributed by atoms with E-state index >= 15 is 0 Å². The largest absolute Gasteiger partial charge is 0.383 e. The quantitative estimate of drug-likeness (QED) is 0.301. The molecule has 0 aromatic heterocycles. The fourth-order valence-corrected chi connectivity index (χ4v) is 3.52. The zero-order chi connectivity index (χ0) is 19.2. The van der Waals surface area contributed by atoms with Crippen LogP contribution in [0.15, 0.2) is 4.99 Å². The van der Waals surface area contributed by atoms with Crippen LogP contribution in [-0.2, 0) is 14.2 Å². The van der Waals surface area contributed by atoms with Gasteiger partial charge in [0.2, 0.25) is 0 Å². The average molecular weight is 385 g/mol. The summed E-state index contributed by atoms with van der Waals surface area (Å²) in [7, 11) is 1.77. The van der Waals surface area contributed by atoms with E-state index < -0.39 is 0 Å². The van der Waals surface area contributed by atoms with Gasteiger partial charge in [-0.1, -0.05) is 0 Å². The lowest BCUT2D eigenvalue weighted by molar-refractivity contribution is 0.0888. The molecule has 0 amide bonds. The molecule has 0 spiro atoms. The molecule has 2 fully saturated rings. The van der Waals surface area contributed by atoms with E-state index in [0.29, 0.717) is 11.8 Å². The van der Waals surface area contributed by atoms with Crippen molar-refractivity contribution in [2.45, 2.75) is 32.6 Å². The summed E-state index contributed by atoms with van der Waals surface area (Å²) in [5, 5.41) is 6.78. The molecule has 2 heterocycles. The molecule has 2 saturated heterocycles. The van der Waals surface area contributed by atoms with Crippen LogP contribution >= 0.6 is 0 Å². The van der Waals surface area contributed by atoms with E-state index in [9.17, 15) is 0 Å². The number of nitrogens with one attached hydrogen (secondary N) is 2. The Morgan fingerprint density at radius 1 is 1.15 bits per heavy atom. The highest BCUT2D eigenvalue weighted by Gasteiger charge is 2.18. The molecular formula is C20H40N4O3. The maximum atomic E-state index is 5.76. The van der Waals surface area contributed by atoms with E-state index in [4.69, 9.17) is 19.2 Å². The van der Waals surface area contributed by atoms with Gasteiger partial charge in [0.15, 0.2) is 5.96 Å². The topological polar surface area (TPSA) is 67.4 Å². The van der Waals surface area contributed by atoms with Crippen LogP contribution in [0, 0.1) is 11.8 Å². The molecule has 2 rings (SSSR count). The van der Waals surface area contributed by atoms with Crippen LogP contribution in [0.4, 0.5) is 0 Å². The summed E-state index contributed by atoms with van der Waals surface area (Å²) < 4.78 is 16.3. The Morgan fingerprint density at radius 3 is 2.70 bits per heavy atom. The van der Waals surface area contributed by atoms with Gasteiger partial charge in [0.25, 0.3) is 0 Å². The Labute approximate surface area is 165 Å². The van der Waals surface area contributed by atoms with E-state index in [1.54, 1.807) is 7.11 Å². The Kier molecular flexibility index (Phi) is 11.7. The summed E-state index contributed by atoms with van der Waals surface area (Å²) in [6.45, 7) is 12.4. The van der Waals surface area contributed by atoms with Crippen molar-refractivity contribution >= 4 is 5.96 Å². The van der Waals surface area contributed by atoms with Gasteiger partial charge < -0.3 is 29.7 Å². The molecule has 27 heavy (non-hydrogen) atoms. The van der Waals surface area contributed by atoms with Crippen molar-refractivity contribution in [2.75, 3.05) is 79.4 Å². The zero-order valence-electron chi connectivity index (χ0n) is 17.4. The van der Waals surface area contributed by atoms with Crippen LogP contribution in [-0.4, -0.2) is 90.3 Å². The summed E-state index contributed by atoms with van der Waals surface area (Å²) in [5.74, 6) is 2.22. The standard InChI is InChI=1S/C20H40N4O3/c1-3-21-20(22-8-4-12-26-16-19-7-13-27-17-19)23-15-18-5-9-24(10-6-18)11-14-25-2/h18-19H,3-17H2,1-2H3,(H2,21,22,23). The van der Waals surface area contributed by atoms with E-state index in [2.05, 4.69) is 22.5 Å². The van der Waals surface area contributed by atoms with Crippen LogP contribution in [0.1, 0.15) is 32.6 Å². The maximum Gasteiger partial charge on any atom is 0.191 e. The molecule has 2 aliphatic heterocycles. The number of methoxy groups -OCH3 is 1. The van der Waals surface area contributed by atoms with Gasteiger partial charge in [-0.3, -0.25) is 4.99 Å². The minimum Gasteiger partial charge on any atom is -0.383 e. The number of hydrogen-bond acceptors (Lipinski definition) is 5. The highest BCUT2D eigenvalue weighted by Crippen LogP contribution is 2.17. The van der Waals surface area contributed by atoms with Gasteiger partial charge in [-0.05, 0) is 51.6 Å². The van der Waals surface area contributed by atoms with Gasteiger partial charge in [-0.25, -0.2) is 0 Å². The molecule has 1 atom stereocenters. The number of piperidine rings is 1. The number of guanidine groups is 1. The molecule has 7 nitrogen and oxygen atoms in total. The van der Waals surface area contributed by atoms with Gasteiger partial charge in [-0.2, -0.15) is 0 Å². The second-order valence-electron chi connectivity index (χ2n) is 7.58. The molecular weight excluding hydrogens is 344 g/mol. The number of hydrogen-bond donors (Lipinski definition) is 2. The lowest BCUT2D eigenvalue weighted by atomic mass is 9.97. The van der Waals surface area contributed by atoms with Crippen molar-refractivity contribution in [1.82, 2.24) is 15.5 Å². The van der Waals surface area contributed by atoms with E-state index in [-0.39, 0.29) is 0 Å². The number of nitrogens with zero attached hydrogens (tertiary/aromatic N) is 2. The highest BCUT2D eigenvalue weighted by molar-refractivity contribution is 5.79. The first kappa shape index (κ1) is 22.4. The normalized spacial score (nSPS) is 22.3. The number of likely N-dealkylation sites (tertiary alicyclic amines) is 1. The molecule has 0 aromatic rings. The van der Waals surface area contributed by atoms with Gasteiger partial charge in [0.1, 0.15) is 0 Å². The van der Waals surface area contributed by atoms with E-state index in [1.807, 2.05) is 0 Å². The molecule has 0 aliphatic carbocycles. The zero-order valence-corrected chi connectivity index (χ0v) is 17.4. The molecule has 0 bridgehead atoms. The van der Waals surface area contributed by atoms with Crippen molar-refractivity contribution in [2.24, 2.45) is 16.8 Å². The predicted octanol–water partition coefficient (Wildman–Crippen LogP) is 1.34. The van der Waals surface area contributed by atoms with E-state index in [0.717, 1.165) is 91.1 Å². The van der Waals surface area contributed by atoms with Gasteiger partial charge >= 0.3 is 0 Å². The first-order valence-electron chi connectivity index (χ1n) is 10.7. The summed E-state index contributed by atoms with van der Waals surface area (Å²) in [6, 6.07) is 0. The average Bonchev–Trinajstić information content (AvgIpc) is 3.21. The van der Waals surface area contributed by atoms with Gasteiger partial charge in [-0.15, -0.1) is 0 Å². The Morgan fingerprint density at radius 2 is 2.00 bits per heavy atom. The molecule has 2 aliphatic rings. The monoisotopic (exact) mass is 384 g/mol. The summed E-state index contributed by atoms with van der Waals surface area (Å²) in [5.41, 5.74) is 0. The van der Waals surface area contributed by atoms with Crippen LogP contribution in [0.25, 0.3) is 0 Å². The Hall–Kier alpha value is -0.890. The summed E-state index contributed by atoms with van der Waals surface area (Å²) in [4.78, 5) is 7.29. The molecule has 1 unspecified atom stereocenters. The third kappa shape index (κ3) is 9.74. The lowest BCUT2D eigenvalue weighted by Crippen LogP contribution is -2.39. The van der Waals surface area contributed by atoms with Gasteiger partial charge in [0.05, 0.1) is 19.8 Å². The Bertz CT molecular complexity index is 395. The van der Waals surface area contributed by atoms with Crippen LogP contribution in [0.5, 0.6) is 0 Å². The molecule has 0 radical (unpaired) electrons. The highest BCUT2D eigenvalue weighted by atomic mass is 16.5. The van der Waals surface area contributed by atoms with Crippen molar-refractivity contribution in [3.63, 3.8) is 0 Å². The predicted molar refractivity (Wildman–Crippen MR) is 109 cm³/mol. The number of aliphatic imine (C=N–C) groups is 1. The van der Waals surface area contributed by atoms with Crippen LogP contribution in [0.2, 0.25) is 0 Å².